The summed E-state index contributed by atoms with van der Waals surface area (Å²) in [5.74, 6) is 1.13. The molecule has 1 aliphatic rings. The molecular weight excluding hydrogens is 260 g/mol. The van der Waals surface area contributed by atoms with Crippen molar-refractivity contribution in [2.45, 2.75) is 23.9 Å². The molecular formula is C10H13BrN2S. The van der Waals surface area contributed by atoms with E-state index in [1.807, 2.05) is 24.0 Å². The van der Waals surface area contributed by atoms with Crippen LogP contribution in [0.4, 0.5) is 0 Å². The van der Waals surface area contributed by atoms with Gasteiger partial charge in [0.05, 0.1) is 5.03 Å². The summed E-state index contributed by atoms with van der Waals surface area (Å²) in [6.45, 7) is 1.18. The Bertz CT molecular complexity index is 283. The fourth-order valence-electron chi connectivity index (χ4n) is 1.53. The third kappa shape index (κ3) is 2.97. The molecule has 0 radical (unpaired) electrons. The summed E-state index contributed by atoms with van der Waals surface area (Å²) in [4.78, 5) is 4.33. The number of thioether (sulfide) groups is 1. The van der Waals surface area contributed by atoms with Crippen LogP contribution in [0.25, 0.3) is 0 Å². The molecule has 2 nitrogen and oxygen atoms in total. The number of nitrogens with zero attached hydrogens (tertiary/aromatic N) is 1. The van der Waals surface area contributed by atoms with Crippen molar-refractivity contribution in [1.29, 1.82) is 0 Å². The van der Waals surface area contributed by atoms with E-state index >= 15 is 0 Å². The first-order valence-electron chi connectivity index (χ1n) is 4.82. The summed E-state index contributed by atoms with van der Waals surface area (Å²) in [5, 5.41) is 4.59. The van der Waals surface area contributed by atoms with E-state index in [-0.39, 0.29) is 0 Å². The lowest BCUT2D eigenvalue weighted by Gasteiger charge is -2.08. The first-order valence-corrected chi connectivity index (χ1v) is 6.60. The van der Waals surface area contributed by atoms with Crippen LogP contribution in [-0.4, -0.2) is 23.3 Å². The maximum Gasteiger partial charge on any atom is 0.0961 e. The third-order valence-electron chi connectivity index (χ3n) is 2.30. The van der Waals surface area contributed by atoms with Crippen LogP contribution in [-0.2, 0) is 0 Å². The Labute approximate surface area is 97.0 Å². The van der Waals surface area contributed by atoms with E-state index in [4.69, 9.17) is 0 Å². The maximum atomic E-state index is 4.33. The number of rotatable bonds is 3. The smallest absolute Gasteiger partial charge is 0.0961 e. The van der Waals surface area contributed by atoms with E-state index in [1.54, 1.807) is 0 Å². The van der Waals surface area contributed by atoms with Gasteiger partial charge < -0.3 is 5.32 Å². The van der Waals surface area contributed by atoms with Gasteiger partial charge in [0.1, 0.15) is 0 Å². The van der Waals surface area contributed by atoms with Gasteiger partial charge in [-0.05, 0) is 47.4 Å². The number of nitrogens with one attached hydrogen (secondary N) is 1. The molecule has 1 aromatic rings. The molecule has 76 valence electrons. The van der Waals surface area contributed by atoms with Gasteiger partial charge in [-0.2, -0.15) is 0 Å². The van der Waals surface area contributed by atoms with Gasteiger partial charge in [-0.3, -0.25) is 0 Å². The molecule has 2 heterocycles. The summed E-state index contributed by atoms with van der Waals surface area (Å²) in [7, 11) is 0. The van der Waals surface area contributed by atoms with E-state index in [0.29, 0.717) is 6.04 Å². The van der Waals surface area contributed by atoms with E-state index < -0.39 is 0 Å². The van der Waals surface area contributed by atoms with Gasteiger partial charge >= 0.3 is 0 Å². The van der Waals surface area contributed by atoms with Crippen molar-refractivity contribution >= 4 is 27.7 Å². The second-order valence-electron chi connectivity index (χ2n) is 3.42. The summed E-state index contributed by atoms with van der Waals surface area (Å²) in [6.07, 6.45) is 4.48. The van der Waals surface area contributed by atoms with E-state index in [0.717, 1.165) is 15.3 Å². The zero-order valence-electron chi connectivity index (χ0n) is 7.87. The van der Waals surface area contributed by atoms with Crippen LogP contribution in [0.2, 0.25) is 0 Å². The van der Waals surface area contributed by atoms with Crippen molar-refractivity contribution in [3.63, 3.8) is 0 Å². The Kier molecular flexibility index (Phi) is 3.84. The lowest BCUT2D eigenvalue weighted by atomic mass is 10.3. The Morgan fingerprint density at radius 2 is 2.50 bits per heavy atom. The monoisotopic (exact) mass is 272 g/mol. The van der Waals surface area contributed by atoms with Gasteiger partial charge in [0.25, 0.3) is 0 Å². The summed E-state index contributed by atoms with van der Waals surface area (Å²) < 4.78 is 1.04. The van der Waals surface area contributed by atoms with Crippen molar-refractivity contribution in [1.82, 2.24) is 10.3 Å². The number of halogens is 1. The van der Waals surface area contributed by atoms with Crippen LogP contribution in [0.3, 0.4) is 0 Å². The Balaban J connectivity index is 1.82. The summed E-state index contributed by atoms with van der Waals surface area (Å²) >= 11 is 5.21. The molecule has 0 spiro atoms. The van der Waals surface area contributed by atoms with Crippen LogP contribution < -0.4 is 5.32 Å². The topological polar surface area (TPSA) is 24.9 Å². The molecule has 2 rings (SSSR count). The Morgan fingerprint density at radius 3 is 3.14 bits per heavy atom. The predicted octanol–water partition coefficient (Wildman–Crippen LogP) is 2.69. The Hall–Kier alpha value is -0.0600. The van der Waals surface area contributed by atoms with Crippen LogP contribution in [0.5, 0.6) is 0 Å². The zero-order chi connectivity index (χ0) is 9.80. The van der Waals surface area contributed by atoms with Crippen LogP contribution in [0, 0.1) is 0 Å². The molecule has 0 saturated carbocycles. The van der Waals surface area contributed by atoms with E-state index in [2.05, 4.69) is 32.3 Å². The minimum absolute atomic E-state index is 0.686. The van der Waals surface area contributed by atoms with Crippen LogP contribution in [0.15, 0.2) is 27.8 Å². The number of aromatic nitrogens is 1. The highest BCUT2D eigenvalue weighted by atomic mass is 79.9. The molecule has 4 heteroatoms. The quantitative estimate of drug-likeness (QED) is 0.857. The number of hydrogen-bond acceptors (Lipinski definition) is 3. The summed E-state index contributed by atoms with van der Waals surface area (Å²) in [6, 6.07) is 4.78. The Morgan fingerprint density at radius 1 is 1.57 bits per heavy atom. The SMILES string of the molecule is Brc1ccc(SCC2CCCN2)nc1. The van der Waals surface area contributed by atoms with Crippen molar-refractivity contribution < 1.29 is 0 Å². The average molecular weight is 273 g/mol. The molecule has 0 bridgehead atoms. The molecule has 0 aliphatic carbocycles. The molecule has 1 aromatic heterocycles. The van der Waals surface area contributed by atoms with E-state index in [9.17, 15) is 0 Å². The molecule has 0 aromatic carbocycles. The van der Waals surface area contributed by atoms with Crippen molar-refractivity contribution in [3.05, 3.63) is 22.8 Å². The van der Waals surface area contributed by atoms with Gasteiger partial charge in [-0.15, -0.1) is 11.8 Å². The van der Waals surface area contributed by atoms with Crippen molar-refractivity contribution in [2.75, 3.05) is 12.3 Å². The largest absolute Gasteiger partial charge is 0.313 e. The first-order chi connectivity index (χ1) is 6.84. The first kappa shape index (κ1) is 10.5. The molecule has 1 unspecified atom stereocenters. The molecule has 1 fully saturated rings. The molecule has 1 saturated heterocycles. The van der Waals surface area contributed by atoms with E-state index in [1.165, 1.54) is 19.4 Å². The van der Waals surface area contributed by atoms with Gasteiger partial charge in [0.15, 0.2) is 0 Å². The standard InChI is InChI=1S/C10H13BrN2S/c11-8-3-4-10(13-6-8)14-7-9-2-1-5-12-9/h3-4,6,9,12H,1-2,5,7H2. The van der Waals surface area contributed by atoms with Crippen molar-refractivity contribution in [2.24, 2.45) is 0 Å². The van der Waals surface area contributed by atoms with Gasteiger partial charge in [0, 0.05) is 22.5 Å². The molecule has 1 N–H and O–H groups in total. The highest BCUT2D eigenvalue weighted by Crippen LogP contribution is 2.20. The molecule has 14 heavy (non-hydrogen) atoms. The predicted molar refractivity (Wildman–Crippen MR) is 63.7 cm³/mol. The third-order valence-corrected chi connectivity index (χ3v) is 3.87. The lowest BCUT2D eigenvalue weighted by Crippen LogP contribution is -2.23. The van der Waals surface area contributed by atoms with Gasteiger partial charge in [0.2, 0.25) is 0 Å². The molecule has 0 amide bonds. The van der Waals surface area contributed by atoms with Gasteiger partial charge in [-0.1, -0.05) is 0 Å². The minimum Gasteiger partial charge on any atom is -0.313 e. The zero-order valence-corrected chi connectivity index (χ0v) is 10.3. The van der Waals surface area contributed by atoms with Crippen LogP contribution >= 0.6 is 27.7 Å². The highest BCUT2D eigenvalue weighted by Gasteiger charge is 2.13. The van der Waals surface area contributed by atoms with Gasteiger partial charge in [-0.25, -0.2) is 4.98 Å². The minimum atomic E-state index is 0.686. The number of hydrogen-bond donors (Lipinski definition) is 1. The van der Waals surface area contributed by atoms with Crippen molar-refractivity contribution in [3.8, 4) is 0 Å². The average Bonchev–Trinajstić information content (AvgIpc) is 2.70. The molecule has 1 atom stereocenters. The fourth-order valence-corrected chi connectivity index (χ4v) is 2.72. The fraction of sp³-hybridized carbons (Fsp3) is 0.500. The number of pyridine rings is 1. The second kappa shape index (κ2) is 5.14. The van der Waals surface area contributed by atoms with Crippen LogP contribution in [0.1, 0.15) is 12.8 Å². The highest BCUT2D eigenvalue weighted by molar-refractivity contribution is 9.10. The molecule has 1 aliphatic heterocycles. The maximum absolute atomic E-state index is 4.33. The summed E-state index contributed by atoms with van der Waals surface area (Å²) in [5.41, 5.74) is 0. The second-order valence-corrected chi connectivity index (χ2v) is 5.37. The lowest BCUT2D eigenvalue weighted by molar-refractivity contribution is 0.673. The normalized spacial score (nSPS) is 21.4.